The fraction of sp³-hybridized carbons (Fsp3) is 0.333. The van der Waals surface area contributed by atoms with Crippen molar-refractivity contribution < 1.29 is 9.72 Å². The number of nitro groups is 1. The van der Waals surface area contributed by atoms with Crippen molar-refractivity contribution in [2.75, 3.05) is 12.3 Å². The van der Waals surface area contributed by atoms with E-state index in [0.29, 0.717) is 18.1 Å². The Morgan fingerprint density at radius 2 is 2.30 bits per heavy atom. The van der Waals surface area contributed by atoms with Crippen molar-refractivity contribution in [2.24, 2.45) is 7.05 Å². The molecular weight excluding hydrogens is 344 g/mol. The molecule has 0 saturated heterocycles. The van der Waals surface area contributed by atoms with Gasteiger partial charge in [-0.05, 0) is 22.9 Å². The predicted octanol–water partition coefficient (Wildman–Crippen LogP) is 1.68. The summed E-state index contributed by atoms with van der Waals surface area (Å²) in [5.74, 6) is 0.279. The maximum absolute atomic E-state index is 12.0. The van der Waals surface area contributed by atoms with Gasteiger partial charge in [0, 0.05) is 31.5 Å². The Kier molecular flexibility index (Phi) is 5.88. The molecule has 2 aromatic rings. The van der Waals surface area contributed by atoms with Gasteiger partial charge in [-0.25, -0.2) is 4.68 Å². The zero-order valence-corrected chi connectivity index (χ0v) is 13.7. The SMILES string of the molecule is Cn1nnnc1SCCCNC(=O)c1cc([N+](=O)[O-])ccc1Cl. The van der Waals surface area contributed by atoms with E-state index >= 15 is 0 Å². The monoisotopic (exact) mass is 356 g/mol. The fourth-order valence-corrected chi connectivity index (χ4v) is 2.67. The molecule has 1 aromatic heterocycles. The average Bonchev–Trinajstić information content (AvgIpc) is 2.92. The molecular formula is C12H13ClN6O3S. The number of carbonyl (C=O) groups is 1. The van der Waals surface area contributed by atoms with Gasteiger partial charge in [0.2, 0.25) is 5.16 Å². The van der Waals surface area contributed by atoms with E-state index in [1.165, 1.54) is 23.9 Å². The highest BCUT2D eigenvalue weighted by Gasteiger charge is 2.15. The highest BCUT2D eigenvalue weighted by molar-refractivity contribution is 7.99. The van der Waals surface area contributed by atoms with E-state index in [-0.39, 0.29) is 16.3 Å². The first-order chi connectivity index (χ1) is 11.0. The number of halogens is 1. The number of aryl methyl sites for hydroxylation is 1. The second-order valence-corrected chi connectivity index (χ2v) is 5.93. The second kappa shape index (κ2) is 7.88. The van der Waals surface area contributed by atoms with Crippen LogP contribution in [-0.4, -0.2) is 43.3 Å². The summed E-state index contributed by atoms with van der Waals surface area (Å²) in [4.78, 5) is 22.2. The summed E-state index contributed by atoms with van der Waals surface area (Å²) in [7, 11) is 1.74. The first-order valence-electron chi connectivity index (χ1n) is 6.56. The molecule has 9 nitrogen and oxygen atoms in total. The molecule has 0 bridgehead atoms. The molecule has 0 atom stereocenters. The van der Waals surface area contributed by atoms with E-state index in [9.17, 15) is 14.9 Å². The molecule has 0 saturated carbocycles. The predicted molar refractivity (Wildman–Crippen MR) is 84.6 cm³/mol. The van der Waals surface area contributed by atoms with Gasteiger partial charge < -0.3 is 5.32 Å². The lowest BCUT2D eigenvalue weighted by Gasteiger charge is -2.06. The van der Waals surface area contributed by atoms with E-state index in [1.54, 1.807) is 11.7 Å². The van der Waals surface area contributed by atoms with Crippen LogP contribution in [0.15, 0.2) is 23.4 Å². The Hall–Kier alpha value is -2.20. The molecule has 0 fully saturated rings. The molecule has 23 heavy (non-hydrogen) atoms. The van der Waals surface area contributed by atoms with E-state index in [0.717, 1.165) is 11.8 Å². The minimum atomic E-state index is -0.571. The van der Waals surface area contributed by atoms with E-state index in [2.05, 4.69) is 20.8 Å². The first-order valence-corrected chi connectivity index (χ1v) is 7.92. The van der Waals surface area contributed by atoms with Crippen LogP contribution in [-0.2, 0) is 7.05 Å². The number of hydrogen-bond acceptors (Lipinski definition) is 7. The van der Waals surface area contributed by atoms with Gasteiger partial charge in [-0.2, -0.15) is 0 Å². The highest BCUT2D eigenvalue weighted by atomic mass is 35.5. The summed E-state index contributed by atoms with van der Waals surface area (Å²) < 4.78 is 1.56. The third kappa shape index (κ3) is 4.63. The van der Waals surface area contributed by atoms with Gasteiger partial charge in [-0.15, -0.1) is 5.10 Å². The van der Waals surface area contributed by atoms with Gasteiger partial charge >= 0.3 is 0 Å². The van der Waals surface area contributed by atoms with Gasteiger partial charge in [0.15, 0.2) is 0 Å². The Morgan fingerprint density at radius 3 is 2.96 bits per heavy atom. The molecule has 1 heterocycles. The summed E-state index contributed by atoms with van der Waals surface area (Å²) in [5.41, 5.74) is -0.0871. The van der Waals surface area contributed by atoms with Crippen LogP contribution in [0.2, 0.25) is 5.02 Å². The number of hydrogen-bond donors (Lipinski definition) is 1. The number of nitrogens with zero attached hydrogens (tertiary/aromatic N) is 5. The van der Waals surface area contributed by atoms with Crippen molar-refractivity contribution in [1.82, 2.24) is 25.5 Å². The van der Waals surface area contributed by atoms with Crippen LogP contribution in [0.25, 0.3) is 0 Å². The molecule has 0 aliphatic rings. The molecule has 1 N–H and O–H groups in total. The lowest BCUT2D eigenvalue weighted by molar-refractivity contribution is -0.384. The number of tetrazole rings is 1. The van der Waals surface area contributed by atoms with Crippen LogP contribution in [0.1, 0.15) is 16.8 Å². The van der Waals surface area contributed by atoms with Crippen LogP contribution in [0.4, 0.5) is 5.69 Å². The number of carbonyl (C=O) groups excluding carboxylic acids is 1. The second-order valence-electron chi connectivity index (χ2n) is 4.46. The summed E-state index contributed by atoms with van der Waals surface area (Å²) in [6.45, 7) is 0.413. The Balaban J connectivity index is 1.82. The fourth-order valence-electron chi connectivity index (χ4n) is 1.68. The Labute approximate surface area is 140 Å². The van der Waals surface area contributed by atoms with Crippen molar-refractivity contribution in [3.05, 3.63) is 38.9 Å². The molecule has 1 amide bonds. The van der Waals surface area contributed by atoms with Crippen LogP contribution >= 0.6 is 23.4 Å². The number of nitrogens with one attached hydrogen (secondary N) is 1. The highest BCUT2D eigenvalue weighted by Crippen LogP contribution is 2.22. The average molecular weight is 357 g/mol. The molecule has 0 aliphatic heterocycles. The number of non-ortho nitro benzene ring substituents is 1. The van der Waals surface area contributed by atoms with Crippen LogP contribution < -0.4 is 5.32 Å². The molecule has 11 heteroatoms. The molecule has 0 unspecified atom stereocenters. The molecule has 122 valence electrons. The Bertz CT molecular complexity index is 723. The topological polar surface area (TPSA) is 116 Å². The molecule has 2 rings (SSSR count). The van der Waals surface area contributed by atoms with E-state index < -0.39 is 10.8 Å². The third-order valence-electron chi connectivity index (χ3n) is 2.82. The number of amides is 1. The molecule has 1 aromatic carbocycles. The largest absolute Gasteiger partial charge is 0.352 e. The standard InChI is InChI=1S/C12H13ClN6O3S/c1-18-12(15-16-17-18)23-6-2-5-14-11(20)9-7-8(19(21)22)3-4-10(9)13/h3-4,7H,2,5-6H2,1H3,(H,14,20). The van der Waals surface area contributed by atoms with Gasteiger partial charge in [0.25, 0.3) is 11.6 Å². The van der Waals surface area contributed by atoms with Crippen LogP contribution in [0.3, 0.4) is 0 Å². The first kappa shape index (κ1) is 17.2. The zero-order chi connectivity index (χ0) is 16.8. The lowest BCUT2D eigenvalue weighted by atomic mass is 10.2. The zero-order valence-electron chi connectivity index (χ0n) is 12.1. The number of aromatic nitrogens is 4. The van der Waals surface area contributed by atoms with Crippen molar-refractivity contribution >= 4 is 35.0 Å². The summed E-state index contributed by atoms with van der Waals surface area (Å²) in [6, 6.07) is 3.76. The van der Waals surface area contributed by atoms with Gasteiger partial charge in [0.05, 0.1) is 15.5 Å². The van der Waals surface area contributed by atoms with Crippen molar-refractivity contribution in [1.29, 1.82) is 0 Å². The van der Waals surface area contributed by atoms with Crippen LogP contribution in [0, 0.1) is 10.1 Å². The van der Waals surface area contributed by atoms with Crippen molar-refractivity contribution in [3.8, 4) is 0 Å². The smallest absolute Gasteiger partial charge is 0.270 e. The van der Waals surface area contributed by atoms with E-state index in [1.807, 2.05) is 0 Å². The third-order valence-corrected chi connectivity index (χ3v) is 4.25. The maximum Gasteiger partial charge on any atom is 0.270 e. The number of nitro benzene ring substituents is 1. The Morgan fingerprint density at radius 1 is 1.52 bits per heavy atom. The normalized spacial score (nSPS) is 10.5. The number of thioether (sulfide) groups is 1. The van der Waals surface area contributed by atoms with E-state index in [4.69, 9.17) is 11.6 Å². The minimum Gasteiger partial charge on any atom is -0.352 e. The maximum atomic E-state index is 12.0. The molecule has 0 radical (unpaired) electrons. The minimum absolute atomic E-state index is 0.0889. The summed E-state index contributed by atoms with van der Waals surface area (Å²) >= 11 is 7.38. The summed E-state index contributed by atoms with van der Waals surface area (Å²) in [5, 5.41) is 25.3. The quantitative estimate of drug-likeness (QED) is 0.347. The van der Waals surface area contributed by atoms with Crippen molar-refractivity contribution in [2.45, 2.75) is 11.6 Å². The number of benzene rings is 1. The number of rotatable bonds is 7. The van der Waals surface area contributed by atoms with Gasteiger partial charge in [-0.3, -0.25) is 14.9 Å². The van der Waals surface area contributed by atoms with Crippen molar-refractivity contribution in [3.63, 3.8) is 0 Å². The van der Waals surface area contributed by atoms with Gasteiger partial charge in [-0.1, -0.05) is 23.4 Å². The summed E-state index contributed by atoms with van der Waals surface area (Å²) in [6.07, 6.45) is 0.690. The van der Waals surface area contributed by atoms with Gasteiger partial charge in [0.1, 0.15) is 0 Å². The van der Waals surface area contributed by atoms with Crippen LogP contribution in [0.5, 0.6) is 0 Å². The lowest BCUT2D eigenvalue weighted by Crippen LogP contribution is -2.25. The molecule has 0 aliphatic carbocycles. The molecule has 0 spiro atoms.